The van der Waals surface area contributed by atoms with Gasteiger partial charge >= 0.3 is 6.09 Å². The third-order valence-electron chi connectivity index (χ3n) is 5.58. The minimum atomic E-state index is -0.163. The molecule has 0 spiro atoms. The number of hydrogen-bond donors (Lipinski definition) is 0. The van der Waals surface area contributed by atoms with Crippen LogP contribution in [0.5, 0.6) is 0 Å². The Bertz CT molecular complexity index is 574. The number of hydrogen-bond acceptors (Lipinski definition) is 5. The molecule has 3 heterocycles. The summed E-state index contributed by atoms with van der Waals surface area (Å²) in [5.41, 5.74) is 0. The predicted molar refractivity (Wildman–Crippen MR) is 100 cm³/mol. The molecule has 2 fully saturated rings. The second kappa shape index (κ2) is 9.35. The van der Waals surface area contributed by atoms with Gasteiger partial charge in [0.15, 0.2) is 0 Å². The second-order valence-electron chi connectivity index (χ2n) is 7.43. The van der Waals surface area contributed by atoms with Crippen LogP contribution in [-0.2, 0) is 17.8 Å². The summed E-state index contributed by atoms with van der Waals surface area (Å²) < 4.78 is 7.62. The Labute approximate surface area is 156 Å². The monoisotopic (exact) mass is 363 g/mol. The summed E-state index contributed by atoms with van der Waals surface area (Å²) in [6, 6.07) is 0. The smallest absolute Gasteiger partial charge is 0.409 e. The van der Waals surface area contributed by atoms with Crippen LogP contribution in [0.25, 0.3) is 0 Å². The van der Waals surface area contributed by atoms with Crippen LogP contribution < -0.4 is 0 Å². The molecule has 0 radical (unpaired) electrons. The van der Waals surface area contributed by atoms with Crippen LogP contribution in [0, 0.1) is 0 Å². The molecule has 0 N–H and O–H groups in total. The normalized spacial score (nSPS) is 19.2. The highest BCUT2D eigenvalue weighted by atomic mass is 16.6. The lowest BCUT2D eigenvalue weighted by atomic mass is 9.96. The van der Waals surface area contributed by atoms with Gasteiger partial charge in [0, 0.05) is 25.6 Å². The van der Waals surface area contributed by atoms with Gasteiger partial charge in [0.2, 0.25) is 0 Å². The minimum Gasteiger partial charge on any atom is -0.449 e. The summed E-state index contributed by atoms with van der Waals surface area (Å²) in [6.45, 7) is 10.4. The molecule has 1 aromatic rings. The number of carbonyl (C=O) groups excluding carboxylic acids is 1. The molecular weight excluding hydrogens is 330 g/mol. The molecule has 2 aliphatic rings. The maximum Gasteiger partial charge on any atom is 0.409 e. The van der Waals surface area contributed by atoms with E-state index in [4.69, 9.17) is 4.74 Å². The third kappa shape index (κ3) is 4.55. The van der Waals surface area contributed by atoms with Crippen molar-refractivity contribution in [2.24, 2.45) is 0 Å². The van der Waals surface area contributed by atoms with E-state index in [2.05, 4.69) is 33.5 Å². The molecule has 2 saturated heterocycles. The van der Waals surface area contributed by atoms with Gasteiger partial charge in [-0.2, -0.15) is 0 Å². The van der Waals surface area contributed by atoms with Crippen molar-refractivity contribution >= 4 is 6.09 Å². The molecule has 0 bridgehead atoms. The summed E-state index contributed by atoms with van der Waals surface area (Å²) in [5, 5.41) is 9.03. The number of amides is 1. The van der Waals surface area contributed by atoms with Crippen LogP contribution in [-0.4, -0.2) is 63.4 Å². The first-order chi connectivity index (χ1) is 12.7. The summed E-state index contributed by atoms with van der Waals surface area (Å²) >= 11 is 0. The molecular formula is C19H33N5O2. The first-order valence-electron chi connectivity index (χ1n) is 10.3. The quantitative estimate of drug-likeness (QED) is 0.697. The lowest BCUT2D eigenvalue weighted by molar-refractivity contribution is 0.0909. The van der Waals surface area contributed by atoms with Crippen molar-refractivity contribution in [3.63, 3.8) is 0 Å². The van der Waals surface area contributed by atoms with Crippen LogP contribution in [0.2, 0.25) is 0 Å². The van der Waals surface area contributed by atoms with Crippen LogP contribution in [0.15, 0.2) is 0 Å². The Morgan fingerprint density at radius 2 is 1.85 bits per heavy atom. The van der Waals surface area contributed by atoms with Crippen molar-refractivity contribution in [1.29, 1.82) is 0 Å². The Balaban J connectivity index is 1.55. The lowest BCUT2D eigenvalue weighted by Crippen LogP contribution is -2.39. The van der Waals surface area contributed by atoms with E-state index in [1.807, 2.05) is 4.90 Å². The van der Waals surface area contributed by atoms with Crippen molar-refractivity contribution in [2.75, 3.05) is 32.8 Å². The standard InChI is InChI=1S/C19H33N5O2/c1-3-5-14-26-19(25)23-12-8-16(9-13-23)18-21-20-17(24(18)4-2)15-22-10-6-7-11-22/h16H,3-15H2,1-2H3. The van der Waals surface area contributed by atoms with Crippen molar-refractivity contribution in [2.45, 2.75) is 71.4 Å². The Morgan fingerprint density at radius 1 is 1.12 bits per heavy atom. The average molecular weight is 364 g/mol. The largest absolute Gasteiger partial charge is 0.449 e. The maximum absolute atomic E-state index is 12.1. The number of unbranched alkanes of at least 4 members (excludes halogenated alkanes) is 1. The maximum atomic E-state index is 12.1. The van der Waals surface area contributed by atoms with Gasteiger partial charge in [-0.05, 0) is 52.1 Å². The zero-order valence-corrected chi connectivity index (χ0v) is 16.3. The molecule has 0 atom stereocenters. The number of aromatic nitrogens is 3. The van der Waals surface area contributed by atoms with Crippen LogP contribution in [0.4, 0.5) is 4.79 Å². The molecule has 1 amide bonds. The number of carbonyl (C=O) groups is 1. The van der Waals surface area contributed by atoms with E-state index in [1.54, 1.807) is 0 Å². The van der Waals surface area contributed by atoms with E-state index >= 15 is 0 Å². The number of likely N-dealkylation sites (tertiary alicyclic amines) is 2. The van der Waals surface area contributed by atoms with Gasteiger partial charge in [0.05, 0.1) is 13.2 Å². The van der Waals surface area contributed by atoms with Gasteiger partial charge in [0.25, 0.3) is 0 Å². The number of piperidine rings is 1. The van der Waals surface area contributed by atoms with Gasteiger partial charge in [-0.3, -0.25) is 4.90 Å². The third-order valence-corrected chi connectivity index (χ3v) is 5.58. The predicted octanol–water partition coefficient (Wildman–Crippen LogP) is 3.01. The van der Waals surface area contributed by atoms with Crippen LogP contribution in [0.1, 0.15) is 69.9 Å². The molecule has 146 valence electrons. The first kappa shape index (κ1) is 19.1. The molecule has 26 heavy (non-hydrogen) atoms. The molecule has 0 aliphatic carbocycles. The Morgan fingerprint density at radius 3 is 2.50 bits per heavy atom. The van der Waals surface area contributed by atoms with Crippen molar-refractivity contribution < 1.29 is 9.53 Å². The molecule has 7 heteroatoms. The summed E-state index contributed by atoms with van der Waals surface area (Å²) in [7, 11) is 0. The minimum absolute atomic E-state index is 0.163. The SMILES string of the molecule is CCCCOC(=O)N1CCC(c2nnc(CN3CCCC3)n2CC)CC1. The van der Waals surface area contributed by atoms with Gasteiger partial charge in [-0.1, -0.05) is 13.3 Å². The highest BCUT2D eigenvalue weighted by Gasteiger charge is 2.29. The summed E-state index contributed by atoms with van der Waals surface area (Å²) in [4.78, 5) is 16.4. The van der Waals surface area contributed by atoms with E-state index in [0.29, 0.717) is 12.5 Å². The Hall–Kier alpha value is -1.63. The van der Waals surface area contributed by atoms with E-state index in [9.17, 15) is 4.79 Å². The molecule has 3 rings (SSSR count). The van der Waals surface area contributed by atoms with Crippen LogP contribution in [0.3, 0.4) is 0 Å². The van der Waals surface area contributed by atoms with Crippen molar-refractivity contribution in [3.05, 3.63) is 11.6 Å². The van der Waals surface area contributed by atoms with Crippen molar-refractivity contribution in [1.82, 2.24) is 24.6 Å². The van der Waals surface area contributed by atoms with E-state index in [-0.39, 0.29) is 6.09 Å². The highest BCUT2D eigenvalue weighted by molar-refractivity contribution is 5.67. The van der Waals surface area contributed by atoms with E-state index in [0.717, 1.165) is 63.5 Å². The zero-order valence-electron chi connectivity index (χ0n) is 16.3. The number of ether oxygens (including phenoxy) is 1. The summed E-state index contributed by atoms with van der Waals surface area (Å²) in [5.74, 6) is 2.57. The topological polar surface area (TPSA) is 63.5 Å². The fraction of sp³-hybridized carbons (Fsp3) is 0.842. The first-order valence-corrected chi connectivity index (χ1v) is 10.3. The zero-order chi connectivity index (χ0) is 18.4. The van der Waals surface area contributed by atoms with Gasteiger partial charge < -0.3 is 14.2 Å². The van der Waals surface area contributed by atoms with Gasteiger partial charge in [0.1, 0.15) is 11.6 Å². The van der Waals surface area contributed by atoms with E-state index < -0.39 is 0 Å². The number of rotatable bonds is 7. The molecule has 7 nitrogen and oxygen atoms in total. The average Bonchev–Trinajstić information content (AvgIpc) is 3.32. The van der Waals surface area contributed by atoms with E-state index in [1.165, 1.54) is 25.9 Å². The molecule has 2 aliphatic heterocycles. The Kier molecular flexibility index (Phi) is 6.88. The number of nitrogens with zero attached hydrogens (tertiary/aromatic N) is 5. The lowest BCUT2D eigenvalue weighted by Gasteiger charge is -2.31. The second-order valence-corrected chi connectivity index (χ2v) is 7.43. The van der Waals surface area contributed by atoms with Crippen molar-refractivity contribution in [3.8, 4) is 0 Å². The highest BCUT2D eigenvalue weighted by Crippen LogP contribution is 2.28. The molecule has 0 unspecified atom stereocenters. The fourth-order valence-corrected chi connectivity index (χ4v) is 3.97. The van der Waals surface area contributed by atoms with Gasteiger partial charge in [-0.15, -0.1) is 10.2 Å². The summed E-state index contributed by atoms with van der Waals surface area (Å²) in [6.07, 6.45) is 6.27. The van der Waals surface area contributed by atoms with Gasteiger partial charge in [-0.25, -0.2) is 4.79 Å². The molecule has 1 aromatic heterocycles. The molecule has 0 saturated carbocycles. The van der Waals surface area contributed by atoms with Crippen LogP contribution >= 0.6 is 0 Å². The fourth-order valence-electron chi connectivity index (χ4n) is 3.97. The molecule has 0 aromatic carbocycles.